The van der Waals surface area contributed by atoms with Crippen molar-refractivity contribution in [3.05, 3.63) is 34.1 Å². The van der Waals surface area contributed by atoms with Crippen molar-refractivity contribution in [3.63, 3.8) is 0 Å². The van der Waals surface area contributed by atoms with Gasteiger partial charge in [-0.15, -0.1) is 0 Å². The standard InChI is InChI=1S/C13H16Br2FNO/c1-17(8-4-2-3-7-14)13(18)11-6-5-10(15)9-12(11)16/h5-6,9H,2-4,7-8H2,1H3. The largest absolute Gasteiger partial charge is 0.342 e. The highest BCUT2D eigenvalue weighted by Gasteiger charge is 2.15. The number of halogens is 3. The molecule has 0 fully saturated rings. The second kappa shape index (κ2) is 7.89. The number of carbonyl (C=O) groups excluding carboxylic acids is 1. The number of nitrogens with zero attached hydrogens (tertiary/aromatic N) is 1. The number of hydrogen-bond acceptors (Lipinski definition) is 1. The first kappa shape index (κ1) is 15.6. The van der Waals surface area contributed by atoms with Crippen molar-refractivity contribution in [2.75, 3.05) is 18.9 Å². The van der Waals surface area contributed by atoms with Crippen molar-refractivity contribution >= 4 is 37.8 Å². The zero-order chi connectivity index (χ0) is 13.5. The van der Waals surface area contributed by atoms with E-state index in [2.05, 4.69) is 31.9 Å². The zero-order valence-corrected chi connectivity index (χ0v) is 13.4. The highest BCUT2D eigenvalue weighted by Crippen LogP contribution is 2.16. The number of unbranched alkanes of at least 4 members (excludes halogenated alkanes) is 2. The SMILES string of the molecule is CN(CCCCCBr)C(=O)c1ccc(Br)cc1F. The van der Waals surface area contributed by atoms with Crippen LogP contribution in [-0.2, 0) is 0 Å². The van der Waals surface area contributed by atoms with Crippen molar-refractivity contribution in [1.82, 2.24) is 4.90 Å². The minimum absolute atomic E-state index is 0.126. The number of alkyl halides is 1. The molecule has 0 heterocycles. The molecule has 0 unspecified atom stereocenters. The van der Waals surface area contributed by atoms with E-state index >= 15 is 0 Å². The van der Waals surface area contributed by atoms with Crippen LogP contribution in [0.2, 0.25) is 0 Å². The Morgan fingerprint density at radius 1 is 1.33 bits per heavy atom. The Bertz CT molecular complexity index is 412. The molecule has 2 nitrogen and oxygen atoms in total. The summed E-state index contributed by atoms with van der Waals surface area (Å²) in [6.45, 7) is 0.654. The highest BCUT2D eigenvalue weighted by molar-refractivity contribution is 9.10. The quantitative estimate of drug-likeness (QED) is 0.534. The average Bonchev–Trinajstić information content (AvgIpc) is 2.33. The van der Waals surface area contributed by atoms with Gasteiger partial charge in [0.2, 0.25) is 0 Å². The third kappa shape index (κ3) is 4.69. The predicted molar refractivity (Wildman–Crippen MR) is 78.7 cm³/mol. The maximum absolute atomic E-state index is 13.6. The monoisotopic (exact) mass is 379 g/mol. The van der Waals surface area contributed by atoms with Gasteiger partial charge in [-0.05, 0) is 31.0 Å². The molecule has 0 aliphatic heterocycles. The van der Waals surface area contributed by atoms with Crippen LogP contribution in [0.3, 0.4) is 0 Å². The maximum Gasteiger partial charge on any atom is 0.256 e. The second-order valence-corrected chi connectivity index (χ2v) is 5.81. The fourth-order valence-electron chi connectivity index (χ4n) is 1.59. The van der Waals surface area contributed by atoms with Crippen LogP contribution in [0, 0.1) is 5.82 Å². The van der Waals surface area contributed by atoms with Crippen LogP contribution >= 0.6 is 31.9 Å². The summed E-state index contributed by atoms with van der Waals surface area (Å²) in [6, 6.07) is 4.50. The summed E-state index contributed by atoms with van der Waals surface area (Å²) in [5.74, 6) is -0.750. The first-order valence-corrected chi connectivity index (χ1v) is 7.74. The number of hydrogen-bond donors (Lipinski definition) is 0. The zero-order valence-electron chi connectivity index (χ0n) is 10.3. The molecule has 0 N–H and O–H groups in total. The fraction of sp³-hybridized carbons (Fsp3) is 0.462. The van der Waals surface area contributed by atoms with E-state index in [1.165, 1.54) is 12.1 Å². The van der Waals surface area contributed by atoms with Gasteiger partial charge < -0.3 is 4.90 Å². The van der Waals surface area contributed by atoms with E-state index in [9.17, 15) is 9.18 Å². The molecule has 0 atom stereocenters. The lowest BCUT2D eigenvalue weighted by Crippen LogP contribution is -2.28. The lowest BCUT2D eigenvalue weighted by Gasteiger charge is -2.17. The lowest BCUT2D eigenvalue weighted by atomic mass is 10.1. The van der Waals surface area contributed by atoms with Gasteiger partial charge in [0.25, 0.3) is 5.91 Å². The molecule has 0 saturated carbocycles. The molecule has 1 amide bonds. The van der Waals surface area contributed by atoms with Gasteiger partial charge in [0.15, 0.2) is 0 Å². The van der Waals surface area contributed by atoms with E-state index < -0.39 is 5.82 Å². The smallest absolute Gasteiger partial charge is 0.256 e. The molecular formula is C13H16Br2FNO. The highest BCUT2D eigenvalue weighted by atomic mass is 79.9. The van der Waals surface area contributed by atoms with Crippen LogP contribution in [0.4, 0.5) is 4.39 Å². The Labute approximate surface area is 124 Å². The lowest BCUT2D eigenvalue weighted by molar-refractivity contribution is 0.0788. The third-order valence-corrected chi connectivity index (χ3v) is 3.69. The van der Waals surface area contributed by atoms with Gasteiger partial charge in [0.1, 0.15) is 5.82 Å². The normalized spacial score (nSPS) is 10.4. The van der Waals surface area contributed by atoms with E-state index in [4.69, 9.17) is 0 Å². The topological polar surface area (TPSA) is 20.3 Å². The van der Waals surface area contributed by atoms with Crippen LogP contribution in [0.5, 0.6) is 0 Å². The minimum Gasteiger partial charge on any atom is -0.342 e. The summed E-state index contributed by atoms with van der Waals surface area (Å²) in [5, 5.41) is 0.978. The van der Waals surface area contributed by atoms with E-state index in [1.54, 1.807) is 18.0 Å². The van der Waals surface area contributed by atoms with Crippen molar-refractivity contribution in [1.29, 1.82) is 0 Å². The Balaban J connectivity index is 2.57. The van der Waals surface area contributed by atoms with Gasteiger partial charge in [-0.3, -0.25) is 4.79 Å². The first-order chi connectivity index (χ1) is 8.56. The third-order valence-electron chi connectivity index (χ3n) is 2.64. The molecule has 18 heavy (non-hydrogen) atoms. The number of carbonyl (C=O) groups is 1. The molecule has 0 aliphatic rings. The van der Waals surface area contributed by atoms with Crippen molar-refractivity contribution in [2.45, 2.75) is 19.3 Å². The molecule has 100 valence electrons. The Kier molecular flexibility index (Phi) is 6.86. The summed E-state index contributed by atoms with van der Waals surface area (Å²) >= 11 is 6.54. The summed E-state index contributed by atoms with van der Waals surface area (Å²) in [5.41, 5.74) is 0.126. The van der Waals surface area contributed by atoms with Crippen molar-refractivity contribution in [2.24, 2.45) is 0 Å². The van der Waals surface area contributed by atoms with Crippen molar-refractivity contribution < 1.29 is 9.18 Å². The number of benzene rings is 1. The van der Waals surface area contributed by atoms with Gasteiger partial charge in [-0.25, -0.2) is 4.39 Å². The average molecular weight is 381 g/mol. The first-order valence-electron chi connectivity index (χ1n) is 5.82. The van der Waals surface area contributed by atoms with Crippen LogP contribution in [0.1, 0.15) is 29.6 Å². The Morgan fingerprint density at radius 2 is 2.06 bits per heavy atom. The van der Waals surface area contributed by atoms with Gasteiger partial charge >= 0.3 is 0 Å². The number of amides is 1. The minimum atomic E-state index is -0.485. The van der Waals surface area contributed by atoms with Gasteiger partial charge in [0.05, 0.1) is 5.56 Å². The molecule has 0 aliphatic carbocycles. The van der Waals surface area contributed by atoms with Crippen LogP contribution < -0.4 is 0 Å². The van der Waals surface area contributed by atoms with Crippen LogP contribution in [0.15, 0.2) is 22.7 Å². The molecule has 0 spiro atoms. The molecule has 0 saturated heterocycles. The molecule has 1 aromatic rings. The molecule has 0 radical (unpaired) electrons. The van der Waals surface area contributed by atoms with E-state index in [0.717, 1.165) is 24.6 Å². The van der Waals surface area contributed by atoms with Gasteiger partial charge in [-0.1, -0.05) is 38.3 Å². The van der Waals surface area contributed by atoms with Gasteiger partial charge in [-0.2, -0.15) is 0 Å². The summed E-state index contributed by atoms with van der Waals surface area (Å²) in [7, 11) is 1.71. The molecule has 0 aromatic heterocycles. The van der Waals surface area contributed by atoms with Crippen LogP contribution in [0.25, 0.3) is 0 Å². The summed E-state index contributed by atoms with van der Waals surface area (Å²) < 4.78 is 14.3. The van der Waals surface area contributed by atoms with E-state index in [-0.39, 0.29) is 11.5 Å². The van der Waals surface area contributed by atoms with Crippen LogP contribution in [-0.4, -0.2) is 29.7 Å². The fourth-order valence-corrected chi connectivity index (χ4v) is 2.32. The maximum atomic E-state index is 13.6. The number of rotatable bonds is 6. The molecule has 1 aromatic carbocycles. The summed E-state index contributed by atoms with van der Waals surface area (Å²) in [6.07, 6.45) is 3.09. The Hall–Kier alpha value is -0.420. The predicted octanol–water partition coefficient (Wildman–Crippen LogP) is 4.23. The molecule has 5 heteroatoms. The second-order valence-electron chi connectivity index (χ2n) is 4.10. The van der Waals surface area contributed by atoms with Gasteiger partial charge in [0, 0.05) is 23.4 Å². The molecular weight excluding hydrogens is 365 g/mol. The van der Waals surface area contributed by atoms with Crippen molar-refractivity contribution in [3.8, 4) is 0 Å². The molecule has 1 rings (SSSR count). The summed E-state index contributed by atoms with van der Waals surface area (Å²) in [4.78, 5) is 13.6. The van der Waals surface area contributed by atoms with E-state index in [0.29, 0.717) is 11.0 Å². The molecule has 0 bridgehead atoms. The Morgan fingerprint density at radius 3 is 2.67 bits per heavy atom. The van der Waals surface area contributed by atoms with E-state index in [1.807, 2.05) is 0 Å².